The van der Waals surface area contributed by atoms with Crippen LogP contribution < -0.4 is 0 Å². The van der Waals surface area contributed by atoms with Crippen molar-refractivity contribution in [3.63, 3.8) is 0 Å². The van der Waals surface area contributed by atoms with E-state index in [1.165, 1.54) is 6.08 Å². The number of aliphatic hydroxyl groups is 1. The second-order valence-electron chi connectivity index (χ2n) is 5.57. The first kappa shape index (κ1) is 17.9. The summed E-state index contributed by atoms with van der Waals surface area (Å²) < 4.78 is 16.3. The zero-order chi connectivity index (χ0) is 15.9. The van der Waals surface area contributed by atoms with Gasteiger partial charge >= 0.3 is 5.97 Å². The average Bonchev–Trinajstić information content (AvgIpc) is 2.41. The molecule has 1 fully saturated rings. The summed E-state index contributed by atoms with van der Waals surface area (Å²) in [5.74, 6) is -0.896. The molecule has 0 aliphatic carbocycles. The van der Waals surface area contributed by atoms with E-state index in [9.17, 15) is 9.90 Å². The highest BCUT2D eigenvalue weighted by molar-refractivity contribution is 5.82. The van der Waals surface area contributed by atoms with Crippen LogP contribution in [0.3, 0.4) is 0 Å². The second-order valence-corrected chi connectivity index (χ2v) is 5.57. The van der Waals surface area contributed by atoms with Crippen molar-refractivity contribution in [3.8, 4) is 0 Å². The lowest BCUT2D eigenvalue weighted by Crippen LogP contribution is -2.47. The molecular weight excluding hydrogens is 272 g/mol. The van der Waals surface area contributed by atoms with Gasteiger partial charge in [-0.2, -0.15) is 0 Å². The number of carbonyl (C=O) groups excluding carboxylic acids is 1. The Hall–Kier alpha value is -1.17. The molecule has 21 heavy (non-hydrogen) atoms. The Bertz CT molecular complexity index is 386. The summed E-state index contributed by atoms with van der Waals surface area (Å²) in [7, 11) is 0. The first-order valence-electron chi connectivity index (χ1n) is 7.36. The summed E-state index contributed by atoms with van der Waals surface area (Å²) >= 11 is 0. The predicted octanol–water partition coefficient (Wildman–Crippen LogP) is 2.20. The second kappa shape index (κ2) is 8.32. The van der Waals surface area contributed by atoms with Gasteiger partial charge in [0.05, 0.1) is 25.4 Å². The van der Waals surface area contributed by atoms with Gasteiger partial charge in [-0.15, -0.1) is 0 Å². The Kier molecular flexibility index (Phi) is 7.08. The minimum atomic E-state index is -0.695. The quantitative estimate of drug-likeness (QED) is 0.462. The van der Waals surface area contributed by atoms with Gasteiger partial charge in [-0.05, 0) is 20.8 Å². The molecule has 120 valence electrons. The molecule has 0 amide bonds. The van der Waals surface area contributed by atoms with Crippen LogP contribution in [0.2, 0.25) is 0 Å². The molecular formula is C16H26O5. The van der Waals surface area contributed by atoms with Gasteiger partial charge in [0, 0.05) is 18.4 Å². The topological polar surface area (TPSA) is 65.0 Å². The van der Waals surface area contributed by atoms with Crippen molar-refractivity contribution in [3.05, 3.63) is 24.3 Å². The number of aliphatic hydroxyl groups excluding tert-OH is 1. The predicted molar refractivity (Wildman–Crippen MR) is 79.6 cm³/mol. The number of carbonyl (C=O) groups is 1. The van der Waals surface area contributed by atoms with Crippen molar-refractivity contribution in [2.75, 3.05) is 13.2 Å². The standard InChI is InChI=1S/C16H26O5/c1-5-19-15(18)9-7-6-8-12(2)14-10-13(11-17)20-16(3,4)21-14/h6-9,12-14,17H,5,10-11H2,1-4H3/b8-6+,9-7-/t12-,13+,14+/m1/s1. The molecule has 0 bridgehead atoms. The molecule has 1 N–H and O–H groups in total. The smallest absolute Gasteiger partial charge is 0.330 e. The molecule has 1 rings (SSSR count). The van der Waals surface area contributed by atoms with Crippen LogP contribution in [-0.2, 0) is 19.0 Å². The van der Waals surface area contributed by atoms with E-state index in [2.05, 4.69) is 0 Å². The number of rotatable bonds is 6. The van der Waals surface area contributed by atoms with Crippen molar-refractivity contribution in [2.45, 2.75) is 52.1 Å². The van der Waals surface area contributed by atoms with Crippen LogP contribution in [0.1, 0.15) is 34.1 Å². The van der Waals surface area contributed by atoms with Gasteiger partial charge in [0.25, 0.3) is 0 Å². The van der Waals surface area contributed by atoms with E-state index in [0.29, 0.717) is 13.0 Å². The van der Waals surface area contributed by atoms with Gasteiger partial charge in [-0.3, -0.25) is 0 Å². The Balaban J connectivity index is 2.54. The van der Waals surface area contributed by atoms with Gasteiger partial charge < -0.3 is 19.3 Å². The average molecular weight is 298 g/mol. The van der Waals surface area contributed by atoms with Crippen LogP contribution in [0.25, 0.3) is 0 Å². The zero-order valence-electron chi connectivity index (χ0n) is 13.2. The van der Waals surface area contributed by atoms with Crippen LogP contribution >= 0.6 is 0 Å². The molecule has 0 radical (unpaired) electrons. The van der Waals surface area contributed by atoms with Crippen molar-refractivity contribution in [1.82, 2.24) is 0 Å². The van der Waals surface area contributed by atoms with Crippen LogP contribution in [-0.4, -0.2) is 42.3 Å². The number of allylic oxidation sites excluding steroid dienone is 2. The molecule has 5 heteroatoms. The molecule has 5 nitrogen and oxygen atoms in total. The SMILES string of the molecule is CCOC(=O)/C=C\C=C\[C@@H](C)[C@@H]1C[C@@H](CO)OC(C)(C)O1. The minimum absolute atomic E-state index is 0.0114. The highest BCUT2D eigenvalue weighted by Crippen LogP contribution is 2.30. The van der Waals surface area contributed by atoms with E-state index in [1.54, 1.807) is 19.1 Å². The third-order valence-electron chi connectivity index (χ3n) is 3.22. The molecule has 0 aromatic rings. The summed E-state index contributed by atoms with van der Waals surface area (Å²) in [6.45, 7) is 7.86. The molecule has 0 unspecified atom stereocenters. The van der Waals surface area contributed by atoms with E-state index < -0.39 is 5.79 Å². The van der Waals surface area contributed by atoms with E-state index in [1.807, 2.05) is 26.8 Å². The Morgan fingerprint density at radius 1 is 1.43 bits per heavy atom. The lowest BCUT2D eigenvalue weighted by atomic mass is 9.96. The highest BCUT2D eigenvalue weighted by atomic mass is 16.7. The van der Waals surface area contributed by atoms with Crippen LogP contribution in [0, 0.1) is 5.92 Å². The van der Waals surface area contributed by atoms with Crippen LogP contribution in [0.4, 0.5) is 0 Å². The van der Waals surface area contributed by atoms with E-state index in [-0.39, 0.29) is 30.7 Å². The number of hydrogen-bond donors (Lipinski definition) is 1. The summed E-state index contributed by atoms with van der Waals surface area (Å²) in [6, 6.07) is 0. The van der Waals surface area contributed by atoms with E-state index in [4.69, 9.17) is 14.2 Å². The molecule has 0 saturated carbocycles. The fourth-order valence-corrected chi connectivity index (χ4v) is 2.27. The third kappa shape index (κ3) is 6.42. The highest BCUT2D eigenvalue weighted by Gasteiger charge is 2.36. The third-order valence-corrected chi connectivity index (χ3v) is 3.22. The fourth-order valence-electron chi connectivity index (χ4n) is 2.27. The van der Waals surface area contributed by atoms with Gasteiger partial charge in [0.15, 0.2) is 5.79 Å². The monoisotopic (exact) mass is 298 g/mol. The van der Waals surface area contributed by atoms with Crippen molar-refractivity contribution in [2.24, 2.45) is 5.92 Å². The molecule has 1 saturated heterocycles. The van der Waals surface area contributed by atoms with Crippen molar-refractivity contribution < 1.29 is 24.1 Å². The molecule has 1 heterocycles. The van der Waals surface area contributed by atoms with E-state index in [0.717, 1.165) is 0 Å². The Morgan fingerprint density at radius 2 is 2.14 bits per heavy atom. The number of hydrogen-bond acceptors (Lipinski definition) is 5. The first-order valence-corrected chi connectivity index (χ1v) is 7.36. The first-order chi connectivity index (χ1) is 9.88. The van der Waals surface area contributed by atoms with Crippen molar-refractivity contribution in [1.29, 1.82) is 0 Å². The molecule has 1 aliphatic heterocycles. The molecule has 3 atom stereocenters. The minimum Gasteiger partial charge on any atom is -0.463 e. The maximum absolute atomic E-state index is 11.1. The fraction of sp³-hybridized carbons (Fsp3) is 0.688. The maximum atomic E-state index is 11.1. The Morgan fingerprint density at radius 3 is 2.76 bits per heavy atom. The van der Waals surface area contributed by atoms with E-state index >= 15 is 0 Å². The largest absolute Gasteiger partial charge is 0.463 e. The molecule has 0 aromatic carbocycles. The normalized spacial score (nSPS) is 27.1. The van der Waals surface area contributed by atoms with Gasteiger partial charge in [-0.1, -0.05) is 25.2 Å². The zero-order valence-corrected chi connectivity index (χ0v) is 13.2. The Labute approximate surface area is 126 Å². The molecule has 0 aromatic heterocycles. The lowest BCUT2D eigenvalue weighted by molar-refractivity contribution is -0.308. The maximum Gasteiger partial charge on any atom is 0.330 e. The van der Waals surface area contributed by atoms with Gasteiger partial charge in [-0.25, -0.2) is 4.79 Å². The summed E-state index contributed by atoms with van der Waals surface area (Å²) in [5.41, 5.74) is 0. The molecule has 1 aliphatic rings. The van der Waals surface area contributed by atoms with Gasteiger partial charge in [0.1, 0.15) is 0 Å². The summed E-state index contributed by atoms with van der Waals surface area (Å²) in [4.78, 5) is 11.1. The number of ether oxygens (including phenoxy) is 3. The van der Waals surface area contributed by atoms with Crippen molar-refractivity contribution >= 4 is 5.97 Å². The number of esters is 1. The molecule has 0 spiro atoms. The van der Waals surface area contributed by atoms with Crippen LogP contribution in [0.5, 0.6) is 0 Å². The summed E-state index contributed by atoms with van der Waals surface area (Å²) in [6.07, 6.45) is 7.23. The van der Waals surface area contributed by atoms with Crippen LogP contribution in [0.15, 0.2) is 24.3 Å². The lowest BCUT2D eigenvalue weighted by Gasteiger charge is -2.41. The summed E-state index contributed by atoms with van der Waals surface area (Å²) in [5, 5.41) is 9.29. The van der Waals surface area contributed by atoms with Gasteiger partial charge in [0.2, 0.25) is 0 Å².